The van der Waals surface area contributed by atoms with Gasteiger partial charge in [0.05, 0.1) is 5.92 Å². The molecular formula is C19H22O. The smallest absolute Gasteiger partial charge is 0.141 e. The predicted molar refractivity (Wildman–Crippen MR) is 84.0 cm³/mol. The third-order valence-electron chi connectivity index (χ3n) is 3.67. The van der Waals surface area contributed by atoms with Crippen molar-refractivity contribution in [3.05, 3.63) is 71.3 Å². The Kier molecular flexibility index (Phi) is 5.11. The maximum absolute atomic E-state index is 12.0. The fraction of sp³-hybridized carbons (Fsp3) is 0.316. The zero-order valence-corrected chi connectivity index (χ0v) is 12.3. The molecule has 2 aromatic carbocycles. The molecule has 2 aromatic rings. The van der Waals surface area contributed by atoms with Crippen molar-refractivity contribution in [3.8, 4) is 0 Å². The molecule has 104 valence electrons. The summed E-state index contributed by atoms with van der Waals surface area (Å²) in [7, 11) is 0. The van der Waals surface area contributed by atoms with E-state index in [0.717, 1.165) is 17.5 Å². The minimum atomic E-state index is -0.142. The second kappa shape index (κ2) is 7.04. The van der Waals surface area contributed by atoms with Crippen LogP contribution < -0.4 is 0 Å². The number of hydrogen-bond donors (Lipinski definition) is 0. The van der Waals surface area contributed by atoms with Crippen molar-refractivity contribution in [3.63, 3.8) is 0 Å². The third-order valence-corrected chi connectivity index (χ3v) is 3.67. The minimum absolute atomic E-state index is 0.142. The lowest BCUT2D eigenvalue weighted by Gasteiger charge is -2.15. The number of unbranched alkanes of at least 4 members (excludes halogenated alkanes) is 1. The first-order valence-corrected chi connectivity index (χ1v) is 7.36. The zero-order valence-electron chi connectivity index (χ0n) is 12.3. The molecule has 1 nitrogen and oxygen atoms in total. The average molecular weight is 266 g/mol. The number of rotatable bonds is 6. The van der Waals surface area contributed by atoms with Gasteiger partial charge in [0, 0.05) is 0 Å². The van der Waals surface area contributed by atoms with E-state index < -0.39 is 0 Å². The Balaban J connectivity index is 2.24. The first-order chi connectivity index (χ1) is 9.72. The van der Waals surface area contributed by atoms with Gasteiger partial charge < -0.3 is 0 Å². The molecule has 0 N–H and O–H groups in total. The van der Waals surface area contributed by atoms with Gasteiger partial charge in [0.1, 0.15) is 5.78 Å². The predicted octanol–water partition coefficient (Wildman–Crippen LogP) is 4.75. The number of hydrogen-bond acceptors (Lipinski definition) is 1. The molecule has 1 atom stereocenters. The van der Waals surface area contributed by atoms with Crippen molar-refractivity contribution in [1.82, 2.24) is 0 Å². The van der Waals surface area contributed by atoms with Crippen LogP contribution in [0.15, 0.2) is 54.6 Å². The normalized spacial score (nSPS) is 12.1. The summed E-state index contributed by atoms with van der Waals surface area (Å²) >= 11 is 0. The van der Waals surface area contributed by atoms with Crippen molar-refractivity contribution in [1.29, 1.82) is 0 Å². The van der Waals surface area contributed by atoms with E-state index in [-0.39, 0.29) is 11.7 Å². The van der Waals surface area contributed by atoms with E-state index in [2.05, 4.69) is 31.2 Å². The van der Waals surface area contributed by atoms with Crippen LogP contribution in [-0.2, 0) is 11.2 Å². The Morgan fingerprint density at radius 1 is 0.950 bits per heavy atom. The Morgan fingerprint density at radius 2 is 1.55 bits per heavy atom. The molecule has 2 rings (SSSR count). The zero-order chi connectivity index (χ0) is 14.4. The third kappa shape index (κ3) is 3.57. The fourth-order valence-corrected chi connectivity index (χ4v) is 2.57. The van der Waals surface area contributed by atoms with Crippen molar-refractivity contribution in [2.75, 3.05) is 0 Å². The standard InChI is InChI=1S/C19H22O/c1-3-4-8-16-11-13-18(14-12-16)19(15(2)20)17-9-6-5-7-10-17/h5-7,9-14,19H,3-4,8H2,1-2H3. The molecule has 0 aliphatic rings. The lowest BCUT2D eigenvalue weighted by molar-refractivity contribution is -0.117. The Morgan fingerprint density at radius 3 is 2.10 bits per heavy atom. The van der Waals surface area contributed by atoms with Crippen molar-refractivity contribution in [2.45, 2.75) is 39.0 Å². The van der Waals surface area contributed by atoms with Crippen LogP contribution in [0.1, 0.15) is 49.3 Å². The number of carbonyl (C=O) groups is 1. The van der Waals surface area contributed by atoms with Crippen LogP contribution in [0.4, 0.5) is 0 Å². The summed E-state index contributed by atoms with van der Waals surface area (Å²) in [5.74, 6) is 0.0499. The van der Waals surface area contributed by atoms with Gasteiger partial charge in [-0.2, -0.15) is 0 Å². The Labute approximate surface area is 121 Å². The van der Waals surface area contributed by atoms with Gasteiger partial charge >= 0.3 is 0 Å². The minimum Gasteiger partial charge on any atom is -0.299 e. The van der Waals surface area contributed by atoms with E-state index >= 15 is 0 Å². The maximum Gasteiger partial charge on any atom is 0.141 e. The van der Waals surface area contributed by atoms with Gasteiger partial charge in [0.15, 0.2) is 0 Å². The summed E-state index contributed by atoms with van der Waals surface area (Å²) in [5, 5.41) is 0. The highest BCUT2D eigenvalue weighted by Gasteiger charge is 2.18. The van der Waals surface area contributed by atoms with E-state index in [1.165, 1.54) is 18.4 Å². The molecule has 1 heteroatoms. The van der Waals surface area contributed by atoms with Gasteiger partial charge in [0.25, 0.3) is 0 Å². The number of carbonyl (C=O) groups excluding carboxylic acids is 1. The fourth-order valence-electron chi connectivity index (χ4n) is 2.57. The maximum atomic E-state index is 12.0. The van der Waals surface area contributed by atoms with Crippen molar-refractivity contribution < 1.29 is 4.79 Å². The molecule has 0 saturated heterocycles. The summed E-state index contributed by atoms with van der Waals surface area (Å²) in [5.41, 5.74) is 3.51. The van der Waals surface area contributed by atoms with Crippen LogP contribution in [0.3, 0.4) is 0 Å². The molecule has 0 spiro atoms. The highest BCUT2D eigenvalue weighted by atomic mass is 16.1. The molecule has 0 saturated carbocycles. The van der Waals surface area contributed by atoms with Crippen molar-refractivity contribution in [2.24, 2.45) is 0 Å². The van der Waals surface area contributed by atoms with Crippen LogP contribution in [-0.4, -0.2) is 5.78 Å². The molecule has 0 radical (unpaired) electrons. The summed E-state index contributed by atoms with van der Waals surface area (Å²) in [6.45, 7) is 3.87. The Bertz CT molecular complexity index is 540. The molecule has 1 unspecified atom stereocenters. The van der Waals surface area contributed by atoms with Crippen LogP contribution >= 0.6 is 0 Å². The largest absolute Gasteiger partial charge is 0.299 e. The average Bonchev–Trinajstić information content (AvgIpc) is 2.47. The lowest BCUT2D eigenvalue weighted by atomic mass is 9.87. The molecule has 0 amide bonds. The SMILES string of the molecule is CCCCc1ccc(C(C(C)=O)c2ccccc2)cc1. The van der Waals surface area contributed by atoms with E-state index in [4.69, 9.17) is 0 Å². The number of benzene rings is 2. The number of aryl methyl sites for hydroxylation is 1. The highest BCUT2D eigenvalue weighted by molar-refractivity contribution is 5.86. The van der Waals surface area contributed by atoms with Gasteiger partial charge in [-0.05, 0) is 36.5 Å². The second-order valence-corrected chi connectivity index (χ2v) is 5.30. The molecule has 0 bridgehead atoms. The summed E-state index contributed by atoms with van der Waals surface area (Å²) in [6.07, 6.45) is 3.54. The quantitative estimate of drug-likeness (QED) is 0.737. The lowest BCUT2D eigenvalue weighted by Crippen LogP contribution is -2.10. The van der Waals surface area contributed by atoms with E-state index in [1.807, 2.05) is 30.3 Å². The van der Waals surface area contributed by atoms with Crippen LogP contribution in [0.25, 0.3) is 0 Å². The number of Topliss-reactive ketones (excluding diaryl/α,β-unsaturated/α-hetero) is 1. The number of ketones is 1. The van der Waals surface area contributed by atoms with E-state index in [9.17, 15) is 4.79 Å². The van der Waals surface area contributed by atoms with Crippen LogP contribution in [0, 0.1) is 0 Å². The van der Waals surface area contributed by atoms with E-state index in [0.29, 0.717) is 0 Å². The second-order valence-electron chi connectivity index (χ2n) is 5.30. The molecule has 20 heavy (non-hydrogen) atoms. The summed E-state index contributed by atoms with van der Waals surface area (Å²) < 4.78 is 0. The molecule has 0 aromatic heterocycles. The van der Waals surface area contributed by atoms with Gasteiger partial charge in [-0.15, -0.1) is 0 Å². The topological polar surface area (TPSA) is 17.1 Å². The van der Waals surface area contributed by atoms with Crippen LogP contribution in [0.5, 0.6) is 0 Å². The highest BCUT2D eigenvalue weighted by Crippen LogP contribution is 2.26. The molecule has 0 heterocycles. The summed E-state index contributed by atoms with van der Waals surface area (Å²) in [6, 6.07) is 18.5. The van der Waals surface area contributed by atoms with Gasteiger partial charge in [0.2, 0.25) is 0 Å². The molecule has 0 aliphatic carbocycles. The van der Waals surface area contributed by atoms with Gasteiger partial charge in [-0.3, -0.25) is 4.79 Å². The molecule has 0 fully saturated rings. The van der Waals surface area contributed by atoms with E-state index in [1.54, 1.807) is 6.92 Å². The van der Waals surface area contributed by atoms with Crippen molar-refractivity contribution >= 4 is 5.78 Å². The first-order valence-electron chi connectivity index (χ1n) is 7.36. The van der Waals surface area contributed by atoms with Gasteiger partial charge in [-0.25, -0.2) is 0 Å². The van der Waals surface area contributed by atoms with Gasteiger partial charge in [-0.1, -0.05) is 67.9 Å². The molecular weight excluding hydrogens is 244 g/mol. The Hall–Kier alpha value is -1.89. The summed E-state index contributed by atoms with van der Waals surface area (Å²) in [4.78, 5) is 12.0. The van der Waals surface area contributed by atoms with Crippen LogP contribution in [0.2, 0.25) is 0 Å². The monoisotopic (exact) mass is 266 g/mol. The first kappa shape index (κ1) is 14.5. The molecule has 0 aliphatic heterocycles.